The highest BCUT2D eigenvalue weighted by Crippen LogP contribution is 2.23. The molecule has 2 rings (SSSR count). The van der Waals surface area contributed by atoms with Crippen LogP contribution in [0.3, 0.4) is 0 Å². The molecule has 1 aliphatic rings. The Morgan fingerprint density at radius 1 is 1.35 bits per heavy atom. The zero-order chi connectivity index (χ0) is 12.3. The average Bonchev–Trinajstić information content (AvgIpc) is 2.71. The summed E-state index contributed by atoms with van der Waals surface area (Å²) in [5.41, 5.74) is 7.35. The molecular formula is C13H22N3O+. The summed E-state index contributed by atoms with van der Waals surface area (Å²) >= 11 is 0. The van der Waals surface area contributed by atoms with Crippen LogP contribution in [0.25, 0.3) is 0 Å². The molecule has 0 aromatic heterocycles. The summed E-state index contributed by atoms with van der Waals surface area (Å²) in [4.78, 5) is 0. The highest BCUT2D eigenvalue weighted by atomic mass is 16.3. The molecule has 4 nitrogen and oxygen atoms in total. The van der Waals surface area contributed by atoms with E-state index in [0.29, 0.717) is 5.69 Å². The van der Waals surface area contributed by atoms with Gasteiger partial charge < -0.3 is 20.6 Å². The van der Waals surface area contributed by atoms with Crippen LogP contribution in [-0.2, 0) is 0 Å². The molecule has 1 heterocycles. The van der Waals surface area contributed by atoms with Crippen molar-refractivity contribution in [1.82, 2.24) is 0 Å². The predicted molar refractivity (Wildman–Crippen MR) is 71.0 cm³/mol. The molecule has 94 valence electrons. The number of phenolic OH excluding ortho intramolecular Hbond substituents is 1. The molecule has 0 radical (unpaired) electrons. The van der Waals surface area contributed by atoms with E-state index in [1.807, 2.05) is 0 Å². The van der Waals surface area contributed by atoms with Gasteiger partial charge in [-0.3, -0.25) is 0 Å². The van der Waals surface area contributed by atoms with Gasteiger partial charge in [-0.2, -0.15) is 0 Å². The topological polar surface area (TPSA) is 58.3 Å². The quantitative estimate of drug-likeness (QED) is 0.423. The molecular weight excluding hydrogens is 214 g/mol. The third-order valence-corrected chi connectivity index (χ3v) is 3.65. The van der Waals surface area contributed by atoms with Gasteiger partial charge in [0.25, 0.3) is 0 Å². The number of quaternary nitrogens is 1. The molecule has 4 heteroatoms. The van der Waals surface area contributed by atoms with Gasteiger partial charge in [0.2, 0.25) is 0 Å². The van der Waals surface area contributed by atoms with Crippen LogP contribution in [-0.4, -0.2) is 42.8 Å². The minimum absolute atomic E-state index is 0.253. The van der Waals surface area contributed by atoms with Crippen molar-refractivity contribution in [3.05, 3.63) is 18.2 Å². The van der Waals surface area contributed by atoms with Crippen molar-refractivity contribution in [2.75, 3.05) is 44.3 Å². The van der Waals surface area contributed by atoms with Crippen LogP contribution in [0.2, 0.25) is 0 Å². The van der Waals surface area contributed by atoms with Gasteiger partial charge in [-0.05, 0) is 12.1 Å². The van der Waals surface area contributed by atoms with Crippen molar-refractivity contribution < 1.29 is 9.59 Å². The monoisotopic (exact) mass is 236 g/mol. The Labute approximate surface area is 103 Å². The number of likely N-dealkylation sites (N-methyl/N-ethyl adjacent to an activating group) is 1. The van der Waals surface area contributed by atoms with Gasteiger partial charge in [-0.1, -0.05) is 0 Å². The second-order valence-electron chi connectivity index (χ2n) is 5.20. The van der Waals surface area contributed by atoms with Crippen LogP contribution in [0.4, 0.5) is 11.4 Å². The molecule has 1 fully saturated rings. The number of likely N-dealkylation sites (tertiary alicyclic amines) is 1. The Bertz CT molecular complexity index is 386. The lowest BCUT2D eigenvalue weighted by atomic mass is 10.2. The summed E-state index contributed by atoms with van der Waals surface area (Å²) in [5.74, 6) is 0.253. The molecule has 1 saturated heterocycles. The normalized spacial score (nSPS) is 18.2. The van der Waals surface area contributed by atoms with E-state index in [0.717, 1.165) is 23.3 Å². The van der Waals surface area contributed by atoms with Crippen molar-refractivity contribution in [1.29, 1.82) is 0 Å². The van der Waals surface area contributed by atoms with Crippen molar-refractivity contribution >= 4 is 11.4 Å². The Morgan fingerprint density at radius 2 is 2.06 bits per heavy atom. The summed E-state index contributed by atoms with van der Waals surface area (Å²) < 4.78 is 1.14. The minimum Gasteiger partial charge on any atom is -0.508 e. The predicted octanol–water partition coefficient (Wildman–Crippen LogP) is 1.63. The smallest absolute Gasteiger partial charge is 0.117 e. The SMILES string of the molecule is C[N+]1(CCNc2cc(O)ccc2N)CCCC1. The lowest BCUT2D eigenvalue weighted by molar-refractivity contribution is -0.895. The van der Waals surface area contributed by atoms with Crippen LogP contribution in [0.15, 0.2) is 18.2 Å². The highest BCUT2D eigenvalue weighted by Gasteiger charge is 2.25. The molecule has 0 atom stereocenters. The van der Waals surface area contributed by atoms with E-state index in [9.17, 15) is 5.11 Å². The van der Waals surface area contributed by atoms with Gasteiger partial charge in [-0.25, -0.2) is 0 Å². The summed E-state index contributed by atoms with van der Waals surface area (Å²) in [6.07, 6.45) is 2.68. The van der Waals surface area contributed by atoms with Crippen molar-refractivity contribution in [3.8, 4) is 5.75 Å². The van der Waals surface area contributed by atoms with E-state index in [-0.39, 0.29) is 5.75 Å². The fourth-order valence-corrected chi connectivity index (χ4v) is 2.48. The molecule has 0 amide bonds. The lowest BCUT2D eigenvalue weighted by Gasteiger charge is -2.29. The number of hydrogen-bond acceptors (Lipinski definition) is 3. The van der Waals surface area contributed by atoms with Crippen LogP contribution in [0.1, 0.15) is 12.8 Å². The summed E-state index contributed by atoms with van der Waals surface area (Å²) in [5, 5.41) is 12.7. The Kier molecular flexibility index (Phi) is 3.43. The maximum Gasteiger partial charge on any atom is 0.117 e. The maximum atomic E-state index is 9.40. The number of hydrogen-bond donors (Lipinski definition) is 3. The van der Waals surface area contributed by atoms with E-state index in [2.05, 4.69) is 12.4 Å². The third kappa shape index (κ3) is 3.03. The fourth-order valence-electron chi connectivity index (χ4n) is 2.48. The molecule has 1 aromatic carbocycles. The van der Waals surface area contributed by atoms with E-state index < -0.39 is 0 Å². The summed E-state index contributed by atoms with van der Waals surface area (Å²) in [7, 11) is 2.31. The Hall–Kier alpha value is -1.42. The van der Waals surface area contributed by atoms with Crippen LogP contribution < -0.4 is 11.1 Å². The molecule has 1 aliphatic heterocycles. The maximum absolute atomic E-state index is 9.40. The molecule has 0 spiro atoms. The fraction of sp³-hybridized carbons (Fsp3) is 0.538. The van der Waals surface area contributed by atoms with Crippen LogP contribution in [0, 0.1) is 0 Å². The molecule has 0 bridgehead atoms. The van der Waals surface area contributed by atoms with Gasteiger partial charge in [0, 0.05) is 18.9 Å². The zero-order valence-corrected chi connectivity index (χ0v) is 10.4. The Balaban J connectivity index is 1.87. The second-order valence-corrected chi connectivity index (χ2v) is 5.20. The van der Waals surface area contributed by atoms with Crippen LogP contribution in [0.5, 0.6) is 5.75 Å². The summed E-state index contributed by atoms with van der Waals surface area (Å²) in [6, 6.07) is 5.01. The minimum atomic E-state index is 0.253. The third-order valence-electron chi connectivity index (χ3n) is 3.65. The number of anilines is 2. The molecule has 17 heavy (non-hydrogen) atoms. The van der Waals surface area contributed by atoms with E-state index in [1.54, 1.807) is 18.2 Å². The van der Waals surface area contributed by atoms with Gasteiger partial charge >= 0.3 is 0 Å². The first-order valence-electron chi connectivity index (χ1n) is 6.25. The average molecular weight is 236 g/mol. The van der Waals surface area contributed by atoms with Gasteiger partial charge in [0.05, 0.1) is 44.6 Å². The number of nitrogen functional groups attached to an aromatic ring is 1. The molecule has 1 aromatic rings. The first-order valence-corrected chi connectivity index (χ1v) is 6.25. The lowest BCUT2D eigenvalue weighted by Crippen LogP contribution is -2.44. The number of aromatic hydroxyl groups is 1. The van der Waals surface area contributed by atoms with Gasteiger partial charge in [0.1, 0.15) is 5.75 Å². The first kappa shape index (κ1) is 12.0. The zero-order valence-electron chi connectivity index (χ0n) is 10.4. The second kappa shape index (κ2) is 4.84. The van der Waals surface area contributed by atoms with Gasteiger partial charge in [-0.15, -0.1) is 0 Å². The molecule has 4 N–H and O–H groups in total. The van der Waals surface area contributed by atoms with E-state index >= 15 is 0 Å². The molecule has 0 unspecified atom stereocenters. The molecule has 0 saturated carbocycles. The first-order chi connectivity index (χ1) is 8.09. The number of rotatable bonds is 4. The van der Waals surface area contributed by atoms with E-state index in [4.69, 9.17) is 5.73 Å². The number of phenols is 1. The largest absolute Gasteiger partial charge is 0.508 e. The van der Waals surface area contributed by atoms with Crippen LogP contribution >= 0.6 is 0 Å². The van der Waals surface area contributed by atoms with Crippen molar-refractivity contribution in [2.24, 2.45) is 0 Å². The standard InChI is InChI=1S/C13H21N3O/c1-16(7-2-3-8-16)9-6-15-13-10-11(17)4-5-12(13)14/h4-5,10,15H,2-3,6-9,14H2,1H3/p+1. The number of nitrogens with one attached hydrogen (secondary N) is 1. The van der Waals surface area contributed by atoms with Gasteiger partial charge in [0.15, 0.2) is 0 Å². The van der Waals surface area contributed by atoms with E-state index in [1.165, 1.54) is 25.9 Å². The number of nitrogens with two attached hydrogens (primary N) is 1. The number of benzene rings is 1. The van der Waals surface area contributed by atoms with Crippen molar-refractivity contribution in [3.63, 3.8) is 0 Å². The highest BCUT2D eigenvalue weighted by molar-refractivity contribution is 5.67. The Morgan fingerprint density at radius 3 is 2.76 bits per heavy atom. The molecule has 0 aliphatic carbocycles. The number of nitrogens with zero attached hydrogens (tertiary/aromatic N) is 1. The summed E-state index contributed by atoms with van der Waals surface area (Å²) in [6.45, 7) is 4.55. The van der Waals surface area contributed by atoms with Crippen molar-refractivity contribution in [2.45, 2.75) is 12.8 Å².